The number of hydrogen-bond acceptors (Lipinski definition) is 7. The molecule has 0 radical (unpaired) electrons. The number of nitrogens with zero attached hydrogens (tertiary/aromatic N) is 4. The summed E-state index contributed by atoms with van der Waals surface area (Å²) < 4.78 is 5.16. The summed E-state index contributed by atoms with van der Waals surface area (Å²) in [6, 6.07) is 11.5. The molecule has 31 heavy (non-hydrogen) atoms. The van der Waals surface area contributed by atoms with Crippen LogP contribution in [0.1, 0.15) is 30.3 Å². The zero-order valence-corrected chi connectivity index (χ0v) is 17.7. The van der Waals surface area contributed by atoms with E-state index in [1.54, 1.807) is 19.5 Å². The third kappa shape index (κ3) is 4.97. The fraction of sp³-hybridized carbons (Fsp3) is 0.304. The van der Waals surface area contributed by atoms with E-state index in [4.69, 9.17) is 15.5 Å². The number of nitrogen functional groups attached to an aromatic ring is 1. The molecule has 8 nitrogen and oxygen atoms in total. The Kier molecular flexibility index (Phi) is 6.08. The predicted octanol–water partition coefficient (Wildman–Crippen LogP) is 3.21. The first-order valence-electron chi connectivity index (χ1n) is 10.3. The van der Waals surface area contributed by atoms with Gasteiger partial charge in [0.1, 0.15) is 5.75 Å². The molecule has 0 spiro atoms. The molecular weight excluding hydrogens is 392 g/mol. The van der Waals surface area contributed by atoms with Crippen LogP contribution in [0, 0.1) is 6.92 Å². The van der Waals surface area contributed by atoms with Crippen molar-refractivity contribution in [2.24, 2.45) is 0 Å². The van der Waals surface area contributed by atoms with Crippen LogP contribution in [0.3, 0.4) is 0 Å². The van der Waals surface area contributed by atoms with Gasteiger partial charge in [-0.15, -0.1) is 0 Å². The molecule has 8 heteroatoms. The molecule has 1 aliphatic heterocycles. The van der Waals surface area contributed by atoms with E-state index in [2.05, 4.69) is 26.3 Å². The first-order valence-corrected chi connectivity index (χ1v) is 10.3. The summed E-state index contributed by atoms with van der Waals surface area (Å²) in [5, 5.41) is 2.96. The summed E-state index contributed by atoms with van der Waals surface area (Å²) in [7, 11) is 1.62. The number of pyridine rings is 1. The molecule has 1 aromatic carbocycles. The van der Waals surface area contributed by atoms with Crippen molar-refractivity contribution in [2.45, 2.75) is 25.8 Å². The van der Waals surface area contributed by atoms with Crippen LogP contribution in [-0.4, -0.2) is 46.0 Å². The number of likely N-dealkylation sites (tertiary alicyclic amines) is 1. The minimum absolute atomic E-state index is 0.0446. The number of benzene rings is 1. The van der Waals surface area contributed by atoms with Gasteiger partial charge in [-0.2, -0.15) is 0 Å². The summed E-state index contributed by atoms with van der Waals surface area (Å²) in [5.74, 6) is 0.960. The molecule has 3 aromatic rings. The molecule has 3 N–H and O–H groups in total. The van der Waals surface area contributed by atoms with Crippen LogP contribution in [0.25, 0.3) is 11.1 Å². The van der Waals surface area contributed by atoms with E-state index in [1.807, 2.05) is 37.3 Å². The molecule has 0 aliphatic carbocycles. The number of carbonyl (C=O) groups is 1. The van der Waals surface area contributed by atoms with Crippen LogP contribution >= 0.6 is 0 Å². The molecule has 4 rings (SSSR count). The lowest BCUT2D eigenvalue weighted by molar-refractivity contribution is -0.117. The smallest absolute Gasteiger partial charge is 0.238 e. The minimum atomic E-state index is -0.0446. The van der Waals surface area contributed by atoms with Crippen molar-refractivity contribution in [1.29, 1.82) is 0 Å². The number of carbonyl (C=O) groups excluding carboxylic acids is 1. The lowest BCUT2D eigenvalue weighted by Gasteiger charge is -2.24. The maximum Gasteiger partial charge on any atom is 0.238 e. The fourth-order valence-electron chi connectivity index (χ4n) is 3.93. The number of ether oxygens (including phenoxy) is 1. The van der Waals surface area contributed by atoms with Crippen molar-refractivity contribution in [1.82, 2.24) is 19.9 Å². The van der Waals surface area contributed by atoms with Gasteiger partial charge in [-0.3, -0.25) is 14.7 Å². The average Bonchev–Trinajstić information content (AvgIpc) is 3.22. The monoisotopic (exact) mass is 418 g/mol. The second-order valence-corrected chi connectivity index (χ2v) is 7.66. The number of anilines is 2. The molecule has 3 heterocycles. The van der Waals surface area contributed by atoms with Gasteiger partial charge in [0.05, 0.1) is 25.4 Å². The van der Waals surface area contributed by atoms with Crippen LogP contribution in [-0.2, 0) is 4.79 Å². The Morgan fingerprint density at radius 2 is 1.94 bits per heavy atom. The molecule has 2 aromatic heterocycles. The van der Waals surface area contributed by atoms with Gasteiger partial charge in [-0.25, -0.2) is 9.97 Å². The molecule has 1 aliphatic rings. The minimum Gasteiger partial charge on any atom is -0.497 e. The quantitative estimate of drug-likeness (QED) is 0.633. The number of aryl methyl sites for hydroxylation is 1. The number of aromatic nitrogens is 3. The van der Waals surface area contributed by atoms with Crippen LogP contribution in [0.2, 0.25) is 0 Å². The highest BCUT2D eigenvalue weighted by molar-refractivity contribution is 5.92. The molecule has 0 unspecified atom stereocenters. The van der Waals surface area contributed by atoms with Crippen molar-refractivity contribution in [3.8, 4) is 16.9 Å². The Labute approximate surface area is 181 Å². The Hall–Kier alpha value is -3.52. The Morgan fingerprint density at radius 1 is 1.19 bits per heavy atom. The van der Waals surface area contributed by atoms with E-state index in [1.165, 1.54) is 0 Å². The standard InChI is InChI=1S/C23H26N6O2/c1-15-10-16(17-12-25-23(24)26-13-17)11-20(27-15)21-4-3-9-29(21)14-22(30)28-18-5-7-19(31-2)8-6-18/h5-8,10-13,21H,3-4,9,14H2,1-2H3,(H,28,30)(H2,24,25,26)/t21-/m1/s1. The zero-order chi connectivity index (χ0) is 21.8. The highest BCUT2D eigenvalue weighted by Gasteiger charge is 2.29. The van der Waals surface area contributed by atoms with E-state index in [9.17, 15) is 4.79 Å². The lowest BCUT2D eigenvalue weighted by Crippen LogP contribution is -2.33. The van der Waals surface area contributed by atoms with Gasteiger partial charge < -0.3 is 15.8 Å². The zero-order valence-electron chi connectivity index (χ0n) is 17.7. The summed E-state index contributed by atoms with van der Waals surface area (Å²) in [4.78, 5) is 27.8. The molecule has 1 saturated heterocycles. The first kappa shape index (κ1) is 20.7. The summed E-state index contributed by atoms with van der Waals surface area (Å²) in [5.41, 5.74) is 10.1. The number of nitrogens with one attached hydrogen (secondary N) is 1. The number of rotatable bonds is 6. The SMILES string of the molecule is COc1ccc(NC(=O)CN2CCC[C@@H]2c2cc(-c3cnc(N)nc3)cc(C)n2)cc1. The van der Waals surface area contributed by atoms with Gasteiger partial charge in [0, 0.05) is 29.3 Å². The fourth-order valence-corrected chi connectivity index (χ4v) is 3.93. The highest BCUT2D eigenvalue weighted by atomic mass is 16.5. The number of nitrogens with two attached hydrogens (primary N) is 1. The first-order chi connectivity index (χ1) is 15.0. The van der Waals surface area contributed by atoms with Crippen LogP contribution in [0.5, 0.6) is 5.75 Å². The second kappa shape index (κ2) is 9.09. The third-order valence-electron chi connectivity index (χ3n) is 5.40. The van der Waals surface area contributed by atoms with E-state index >= 15 is 0 Å². The average molecular weight is 419 g/mol. The molecule has 1 atom stereocenters. The van der Waals surface area contributed by atoms with Gasteiger partial charge in [0.25, 0.3) is 0 Å². The van der Waals surface area contributed by atoms with E-state index < -0.39 is 0 Å². The number of amides is 1. The molecule has 1 amide bonds. The van der Waals surface area contributed by atoms with Gasteiger partial charge in [-0.1, -0.05) is 0 Å². The van der Waals surface area contributed by atoms with Gasteiger partial charge >= 0.3 is 0 Å². The van der Waals surface area contributed by atoms with Crippen molar-refractivity contribution < 1.29 is 9.53 Å². The van der Waals surface area contributed by atoms with Gasteiger partial charge in [-0.05, 0) is 68.3 Å². The summed E-state index contributed by atoms with van der Waals surface area (Å²) in [6.45, 7) is 3.14. The van der Waals surface area contributed by atoms with Crippen molar-refractivity contribution in [3.05, 3.63) is 60.2 Å². The summed E-state index contributed by atoms with van der Waals surface area (Å²) >= 11 is 0. The maximum absolute atomic E-state index is 12.7. The molecule has 0 saturated carbocycles. The molecule has 0 bridgehead atoms. The van der Waals surface area contributed by atoms with E-state index in [-0.39, 0.29) is 17.9 Å². The summed E-state index contributed by atoms with van der Waals surface area (Å²) in [6.07, 6.45) is 5.42. The molecular formula is C23H26N6O2. The highest BCUT2D eigenvalue weighted by Crippen LogP contribution is 2.33. The van der Waals surface area contributed by atoms with E-state index in [0.29, 0.717) is 6.54 Å². The normalized spacial score (nSPS) is 16.3. The van der Waals surface area contributed by atoms with Crippen molar-refractivity contribution >= 4 is 17.5 Å². The topological polar surface area (TPSA) is 106 Å². The van der Waals surface area contributed by atoms with Crippen molar-refractivity contribution in [3.63, 3.8) is 0 Å². The van der Waals surface area contributed by atoms with E-state index in [0.717, 1.165) is 53.3 Å². The van der Waals surface area contributed by atoms with Crippen LogP contribution < -0.4 is 15.8 Å². The Morgan fingerprint density at radius 3 is 2.65 bits per heavy atom. The largest absolute Gasteiger partial charge is 0.497 e. The molecule has 1 fully saturated rings. The molecule has 160 valence electrons. The number of methoxy groups -OCH3 is 1. The Balaban J connectivity index is 1.48. The van der Waals surface area contributed by atoms with Crippen LogP contribution in [0.4, 0.5) is 11.6 Å². The maximum atomic E-state index is 12.7. The van der Waals surface area contributed by atoms with Gasteiger partial charge in [0.2, 0.25) is 11.9 Å². The van der Waals surface area contributed by atoms with Gasteiger partial charge in [0.15, 0.2) is 0 Å². The number of hydrogen-bond donors (Lipinski definition) is 2. The predicted molar refractivity (Wildman–Crippen MR) is 120 cm³/mol. The second-order valence-electron chi connectivity index (χ2n) is 7.66. The lowest BCUT2D eigenvalue weighted by atomic mass is 10.0. The third-order valence-corrected chi connectivity index (χ3v) is 5.40. The Bertz CT molecular complexity index is 1050. The van der Waals surface area contributed by atoms with Crippen molar-refractivity contribution in [2.75, 3.05) is 31.2 Å². The van der Waals surface area contributed by atoms with Crippen LogP contribution in [0.15, 0.2) is 48.8 Å².